The van der Waals surface area contributed by atoms with Crippen LogP contribution in [-0.4, -0.2) is 25.7 Å². The lowest BCUT2D eigenvalue weighted by Gasteiger charge is -2.06. The lowest BCUT2D eigenvalue weighted by Crippen LogP contribution is -2.01. The van der Waals surface area contributed by atoms with Crippen LogP contribution in [-0.2, 0) is 16.4 Å². The molecule has 1 heterocycles. The minimum Gasteiger partial charge on any atom is -0.478 e. The highest BCUT2D eigenvalue weighted by Gasteiger charge is 2.08. The van der Waals surface area contributed by atoms with Gasteiger partial charge in [0.2, 0.25) is 0 Å². The number of sulfone groups is 1. The second-order valence-corrected chi connectivity index (χ2v) is 7.27. The van der Waals surface area contributed by atoms with Crippen molar-refractivity contribution in [1.82, 2.24) is 0 Å². The van der Waals surface area contributed by atoms with E-state index in [1.807, 2.05) is 0 Å². The SMILES string of the molecule is CS(=O)(=O)c1cccc(NCc2cc(C(=O)O)cs2)c1. The molecule has 0 saturated heterocycles. The number of carbonyl (C=O) groups is 1. The first kappa shape index (κ1) is 14.5. The molecule has 2 rings (SSSR count). The first-order valence-corrected chi connectivity index (χ1v) is 8.48. The monoisotopic (exact) mass is 311 g/mol. The predicted molar refractivity (Wildman–Crippen MR) is 78.2 cm³/mol. The van der Waals surface area contributed by atoms with Crippen LogP contribution in [0.4, 0.5) is 5.69 Å². The Balaban J connectivity index is 2.09. The zero-order valence-electron chi connectivity index (χ0n) is 10.7. The van der Waals surface area contributed by atoms with Crippen LogP contribution in [0.5, 0.6) is 0 Å². The highest BCUT2D eigenvalue weighted by molar-refractivity contribution is 7.90. The number of carboxylic acids is 1. The molecule has 2 aromatic rings. The lowest BCUT2D eigenvalue weighted by molar-refractivity contribution is 0.0697. The largest absolute Gasteiger partial charge is 0.478 e. The average Bonchev–Trinajstić information content (AvgIpc) is 2.85. The summed E-state index contributed by atoms with van der Waals surface area (Å²) in [5.74, 6) is -0.952. The third-order valence-electron chi connectivity index (χ3n) is 2.63. The first-order valence-electron chi connectivity index (χ1n) is 5.71. The topological polar surface area (TPSA) is 83.5 Å². The number of benzene rings is 1. The number of carboxylic acid groups (broad SMARTS) is 1. The molecule has 5 nitrogen and oxygen atoms in total. The number of anilines is 1. The summed E-state index contributed by atoms with van der Waals surface area (Å²) in [6, 6.07) is 8.12. The fourth-order valence-corrected chi connectivity index (χ4v) is 3.08. The predicted octanol–water partition coefficient (Wildman–Crippen LogP) is 2.46. The highest BCUT2D eigenvalue weighted by atomic mass is 32.2. The maximum atomic E-state index is 11.4. The van der Waals surface area contributed by atoms with Crippen LogP contribution in [0.25, 0.3) is 0 Å². The van der Waals surface area contributed by atoms with Gasteiger partial charge in [-0.1, -0.05) is 6.07 Å². The van der Waals surface area contributed by atoms with E-state index in [1.165, 1.54) is 17.4 Å². The summed E-state index contributed by atoms with van der Waals surface area (Å²) >= 11 is 1.35. The van der Waals surface area contributed by atoms with Gasteiger partial charge < -0.3 is 10.4 Å². The van der Waals surface area contributed by atoms with Crippen LogP contribution >= 0.6 is 11.3 Å². The summed E-state index contributed by atoms with van der Waals surface area (Å²) in [6.45, 7) is 0.450. The molecule has 2 N–H and O–H groups in total. The number of nitrogens with one attached hydrogen (secondary N) is 1. The molecule has 0 amide bonds. The fraction of sp³-hybridized carbons (Fsp3) is 0.154. The molecular formula is C13H13NO4S2. The Bertz CT molecular complexity index is 734. The van der Waals surface area contributed by atoms with Crippen molar-refractivity contribution in [3.8, 4) is 0 Å². The molecular weight excluding hydrogens is 298 g/mol. The van der Waals surface area contributed by atoms with Crippen molar-refractivity contribution < 1.29 is 18.3 Å². The van der Waals surface area contributed by atoms with E-state index in [4.69, 9.17) is 5.11 Å². The smallest absolute Gasteiger partial charge is 0.336 e. The van der Waals surface area contributed by atoms with E-state index in [1.54, 1.807) is 29.6 Å². The van der Waals surface area contributed by atoms with Crippen molar-refractivity contribution in [2.75, 3.05) is 11.6 Å². The molecule has 0 saturated carbocycles. The molecule has 0 aliphatic carbocycles. The van der Waals surface area contributed by atoms with Crippen LogP contribution in [0.3, 0.4) is 0 Å². The minimum absolute atomic E-state index is 0.250. The summed E-state index contributed by atoms with van der Waals surface area (Å²) in [7, 11) is -3.23. The molecule has 20 heavy (non-hydrogen) atoms. The van der Waals surface area contributed by atoms with E-state index < -0.39 is 15.8 Å². The summed E-state index contributed by atoms with van der Waals surface area (Å²) in [4.78, 5) is 11.9. The van der Waals surface area contributed by atoms with E-state index in [-0.39, 0.29) is 10.5 Å². The molecule has 1 aromatic heterocycles. The number of thiophene rings is 1. The highest BCUT2D eigenvalue weighted by Crippen LogP contribution is 2.19. The fourth-order valence-electron chi connectivity index (χ4n) is 1.61. The van der Waals surface area contributed by atoms with Crippen LogP contribution < -0.4 is 5.32 Å². The third kappa shape index (κ3) is 3.58. The Hall–Kier alpha value is -1.86. The van der Waals surface area contributed by atoms with Crippen molar-refractivity contribution in [1.29, 1.82) is 0 Å². The summed E-state index contributed by atoms with van der Waals surface area (Å²) in [6.07, 6.45) is 1.16. The Kier molecular flexibility index (Phi) is 4.10. The molecule has 0 atom stereocenters. The standard InChI is InChI=1S/C13H13NO4S2/c1-20(17,18)12-4-2-3-10(6-12)14-7-11-5-9(8-19-11)13(15)16/h2-6,8,14H,7H2,1H3,(H,15,16). The molecule has 0 radical (unpaired) electrons. The van der Waals surface area contributed by atoms with Crippen LogP contribution in [0.1, 0.15) is 15.2 Å². The van der Waals surface area contributed by atoms with Gasteiger partial charge in [-0.15, -0.1) is 11.3 Å². The Morgan fingerprint density at radius 2 is 2.10 bits per heavy atom. The molecule has 106 valence electrons. The van der Waals surface area contributed by atoms with Crippen LogP contribution in [0.15, 0.2) is 40.6 Å². The Morgan fingerprint density at radius 1 is 1.35 bits per heavy atom. The molecule has 0 spiro atoms. The molecule has 0 bridgehead atoms. The molecule has 0 fully saturated rings. The molecule has 7 heteroatoms. The van der Waals surface area contributed by atoms with Gasteiger partial charge in [0.15, 0.2) is 9.84 Å². The van der Waals surface area contributed by atoms with Gasteiger partial charge >= 0.3 is 5.97 Å². The second-order valence-electron chi connectivity index (χ2n) is 4.26. The van der Waals surface area contributed by atoms with E-state index in [9.17, 15) is 13.2 Å². The van der Waals surface area contributed by atoms with Gasteiger partial charge in [-0.3, -0.25) is 0 Å². The second kappa shape index (κ2) is 5.64. The molecule has 0 aliphatic rings. The van der Waals surface area contributed by atoms with Gasteiger partial charge in [0, 0.05) is 28.7 Å². The maximum absolute atomic E-state index is 11.4. The van der Waals surface area contributed by atoms with Crippen LogP contribution in [0.2, 0.25) is 0 Å². The minimum atomic E-state index is -3.23. The first-order chi connectivity index (χ1) is 9.36. The van der Waals surface area contributed by atoms with Crippen molar-refractivity contribution >= 4 is 32.8 Å². The Labute approximate surface area is 120 Å². The van der Waals surface area contributed by atoms with Crippen LogP contribution in [0, 0.1) is 0 Å². The van der Waals surface area contributed by atoms with E-state index in [0.717, 1.165) is 11.1 Å². The normalized spacial score (nSPS) is 11.2. The quantitative estimate of drug-likeness (QED) is 0.886. The number of aromatic carboxylic acids is 1. The number of hydrogen-bond acceptors (Lipinski definition) is 5. The average molecular weight is 311 g/mol. The zero-order chi connectivity index (χ0) is 14.8. The Morgan fingerprint density at radius 3 is 2.70 bits per heavy atom. The zero-order valence-corrected chi connectivity index (χ0v) is 12.3. The third-order valence-corrected chi connectivity index (χ3v) is 4.68. The van der Waals surface area contributed by atoms with Crippen molar-refractivity contribution in [3.63, 3.8) is 0 Å². The van der Waals surface area contributed by atoms with Gasteiger partial charge in [-0.25, -0.2) is 13.2 Å². The number of rotatable bonds is 5. The summed E-state index contributed by atoms with van der Waals surface area (Å²) in [5, 5.41) is 13.5. The van der Waals surface area contributed by atoms with Crippen molar-refractivity contribution in [2.24, 2.45) is 0 Å². The van der Waals surface area contributed by atoms with Gasteiger partial charge in [-0.2, -0.15) is 0 Å². The van der Waals surface area contributed by atoms with E-state index in [0.29, 0.717) is 12.2 Å². The summed E-state index contributed by atoms with van der Waals surface area (Å²) < 4.78 is 22.9. The molecule has 1 aromatic carbocycles. The number of hydrogen-bond donors (Lipinski definition) is 2. The van der Waals surface area contributed by atoms with Gasteiger partial charge in [-0.05, 0) is 24.3 Å². The molecule has 0 aliphatic heterocycles. The van der Waals surface area contributed by atoms with E-state index >= 15 is 0 Å². The maximum Gasteiger partial charge on any atom is 0.336 e. The van der Waals surface area contributed by atoms with Gasteiger partial charge in [0.1, 0.15) is 0 Å². The van der Waals surface area contributed by atoms with E-state index in [2.05, 4.69) is 5.32 Å². The van der Waals surface area contributed by atoms with Crippen molar-refractivity contribution in [3.05, 3.63) is 46.2 Å². The molecule has 0 unspecified atom stereocenters. The van der Waals surface area contributed by atoms with Crippen molar-refractivity contribution in [2.45, 2.75) is 11.4 Å². The van der Waals surface area contributed by atoms with Gasteiger partial charge in [0.05, 0.1) is 10.5 Å². The van der Waals surface area contributed by atoms with Gasteiger partial charge in [0.25, 0.3) is 0 Å². The lowest BCUT2D eigenvalue weighted by atomic mass is 10.3. The summed E-state index contributed by atoms with van der Waals surface area (Å²) in [5.41, 5.74) is 0.940.